The van der Waals surface area contributed by atoms with Crippen molar-refractivity contribution in [2.75, 3.05) is 6.61 Å². The Labute approximate surface area is 186 Å². The lowest BCUT2D eigenvalue weighted by molar-refractivity contribution is -0.0635. The second kappa shape index (κ2) is 17.7. The third-order valence-corrected chi connectivity index (χ3v) is 6.40. The molecule has 0 radical (unpaired) electrons. The molecule has 0 bridgehead atoms. The second-order valence-corrected chi connectivity index (χ2v) is 9.17. The molecule has 4 atom stereocenters. The monoisotopic (exact) mass is 420 g/mol. The largest absolute Gasteiger partial charge is 0.396 e. The van der Waals surface area contributed by atoms with Gasteiger partial charge in [-0.25, -0.2) is 0 Å². The van der Waals surface area contributed by atoms with E-state index in [-0.39, 0.29) is 24.5 Å². The number of hydrogen-bond acceptors (Lipinski definition) is 3. The van der Waals surface area contributed by atoms with Crippen molar-refractivity contribution in [1.82, 2.24) is 0 Å². The molecule has 0 saturated heterocycles. The van der Waals surface area contributed by atoms with Crippen molar-refractivity contribution in [2.24, 2.45) is 11.8 Å². The SMILES string of the molecule is CCCCCCCCCCCCC[C@@H](OCc1ccccc1)[C@H](C)[C@@H](O)[C@@H](C)CO. The van der Waals surface area contributed by atoms with Crippen LogP contribution in [0.3, 0.4) is 0 Å². The lowest BCUT2D eigenvalue weighted by atomic mass is 9.87. The van der Waals surface area contributed by atoms with Gasteiger partial charge in [0.05, 0.1) is 18.8 Å². The minimum atomic E-state index is -0.538. The van der Waals surface area contributed by atoms with Gasteiger partial charge in [-0.15, -0.1) is 0 Å². The second-order valence-electron chi connectivity index (χ2n) is 9.17. The van der Waals surface area contributed by atoms with Crippen LogP contribution in [-0.2, 0) is 11.3 Å². The first kappa shape index (κ1) is 27.1. The first-order valence-electron chi connectivity index (χ1n) is 12.5. The highest BCUT2D eigenvalue weighted by molar-refractivity contribution is 5.13. The number of ether oxygens (including phenoxy) is 1. The highest BCUT2D eigenvalue weighted by Gasteiger charge is 2.28. The Bertz CT molecular complexity index is 490. The van der Waals surface area contributed by atoms with Gasteiger partial charge in [-0.2, -0.15) is 0 Å². The summed E-state index contributed by atoms with van der Waals surface area (Å²) < 4.78 is 6.26. The molecule has 0 aliphatic carbocycles. The zero-order chi connectivity index (χ0) is 22.0. The van der Waals surface area contributed by atoms with Crippen LogP contribution in [0, 0.1) is 11.8 Å². The van der Waals surface area contributed by atoms with Gasteiger partial charge in [0.15, 0.2) is 0 Å². The number of rotatable bonds is 19. The summed E-state index contributed by atoms with van der Waals surface area (Å²) in [6.07, 6.45) is 15.1. The molecule has 1 aromatic rings. The number of aliphatic hydroxyl groups is 2. The first-order valence-corrected chi connectivity index (χ1v) is 12.5. The maximum absolute atomic E-state index is 10.6. The maximum atomic E-state index is 10.6. The van der Waals surface area contributed by atoms with E-state index in [4.69, 9.17) is 4.74 Å². The van der Waals surface area contributed by atoms with Crippen LogP contribution < -0.4 is 0 Å². The molecule has 0 heterocycles. The van der Waals surface area contributed by atoms with E-state index in [2.05, 4.69) is 26.0 Å². The topological polar surface area (TPSA) is 49.7 Å². The Morgan fingerprint density at radius 1 is 0.800 bits per heavy atom. The van der Waals surface area contributed by atoms with Crippen LogP contribution in [-0.4, -0.2) is 29.0 Å². The van der Waals surface area contributed by atoms with Crippen molar-refractivity contribution in [3.8, 4) is 0 Å². The predicted octanol–water partition coefficient (Wildman–Crippen LogP) is 6.90. The molecule has 174 valence electrons. The highest BCUT2D eigenvalue weighted by Crippen LogP contribution is 2.24. The molecule has 1 aromatic carbocycles. The summed E-state index contributed by atoms with van der Waals surface area (Å²) in [6.45, 7) is 6.82. The van der Waals surface area contributed by atoms with E-state index >= 15 is 0 Å². The molecule has 2 N–H and O–H groups in total. The predicted molar refractivity (Wildman–Crippen MR) is 128 cm³/mol. The first-order chi connectivity index (χ1) is 14.6. The Balaban J connectivity index is 2.31. The van der Waals surface area contributed by atoms with E-state index in [1.54, 1.807) is 0 Å². The quantitative estimate of drug-likeness (QED) is 0.239. The van der Waals surface area contributed by atoms with E-state index < -0.39 is 6.10 Å². The summed E-state index contributed by atoms with van der Waals surface area (Å²) in [5.74, 6) is -0.112. The maximum Gasteiger partial charge on any atom is 0.0720 e. The lowest BCUT2D eigenvalue weighted by Gasteiger charge is -2.31. The zero-order valence-corrected chi connectivity index (χ0v) is 19.9. The minimum absolute atomic E-state index is 0.00928. The Hall–Kier alpha value is -0.900. The van der Waals surface area contributed by atoms with Gasteiger partial charge >= 0.3 is 0 Å². The molecule has 0 spiro atoms. The fourth-order valence-corrected chi connectivity index (χ4v) is 4.13. The third kappa shape index (κ3) is 12.1. The van der Waals surface area contributed by atoms with Crippen molar-refractivity contribution in [3.63, 3.8) is 0 Å². The Morgan fingerprint density at radius 2 is 1.33 bits per heavy atom. The van der Waals surface area contributed by atoms with Gasteiger partial charge in [-0.05, 0) is 12.0 Å². The van der Waals surface area contributed by atoms with Crippen LogP contribution in [0.2, 0.25) is 0 Å². The highest BCUT2D eigenvalue weighted by atomic mass is 16.5. The summed E-state index contributed by atoms with van der Waals surface area (Å²) in [6, 6.07) is 10.2. The number of aliphatic hydroxyl groups excluding tert-OH is 2. The van der Waals surface area contributed by atoms with Gasteiger partial charge in [0.2, 0.25) is 0 Å². The van der Waals surface area contributed by atoms with Crippen LogP contribution in [0.15, 0.2) is 30.3 Å². The van der Waals surface area contributed by atoms with Gasteiger partial charge in [0.1, 0.15) is 0 Å². The molecule has 30 heavy (non-hydrogen) atoms. The van der Waals surface area contributed by atoms with Crippen LogP contribution in [0.5, 0.6) is 0 Å². The summed E-state index contributed by atoms with van der Waals surface area (Å²) >= 11 is 0. The molecule has 0 fully saturated rings. The number of hydrogen-bond donors (Lipinski definition) is 2. The summed E-state index contributed by atoms with van der Waals surface area (Å²) in [5.41, 5.74) is 1.17. The molecule has 0 unspecified atom stereocenters. The van der Waals surface area contributed by atoms with Gasteiger partial charge in [-0.1, -0.05) is 122 Å². The zero-order valence-electron chi connectivity index (χ0n) is 19.9. The Kier molecular flexibility index (Phi) is 16.1. The van der Waals surface area contributed by atoms with Crippen LogP contribution in [0.25, 0.3) is 0 Å². The average Bonchev–Trinajstić information content (AvgIpc) is 2.78. The molecule has 0 aliphatic heterocycles. The van der Waals surface area contributed by atoms with E-state index in [1.165, 1.54) is 69.8 Å². The van der Waals surface area contributed by atoms with E-state index in [0.717, 1.165) is 12.8 Å². The van der Waals surface area contributed by atoms with Gasteiger partial charge in [0, 0.05) is 18.4 Å². The number of unbranched alkanes of at least 4 members (excludes halogenated alkanes) is 10. The standard InChI is InChI=1S/C27H48O3/c1-4-5-6-7-8-9-10-11-12-13-17-20-26(24(3)27(29)23(2)21-28)30-22-25-18-15-14-16-19-25/h14-16,18-19,23-24,26-29H,4-13,17,20-22H2,1-3H3/t23-,24-,26+,27-/m0/s1. The molecule has 0 saturated carbocycles. The molecule has 3 nitrogen and oxygen atoms in total. The van der Waals surface area contributed by atoms with Crippen LogP contribution >= 0.6 is 0 Å². The molecule has 3 heteroatoms. The van der Waals surface area contributed by atoms with Crippen LogP contribution in [0.1, 0.15) is 103 Å². The molecule has 0 aliphatic rings. The summed E-state index contributed by atoms with van der Waals surface area (Å²) in [7, 11) is 0. The molecular formula is C27H48O3. The van der Waals surface area contributed by atoms with Crippen LogP contribution in [0.4, 0.5) is 0 Å². The minimum Gasteiger partial charge on any atom is -0.396 e. The molecule has 0 aromatic heterocycles. The normalized spacial score (nSPS) is 15.6. The molecule has 0 amide bonds. The lowest BCUT2D eigenvalue weighted by Crippen LogP contribution is -2.37. The average molecular weight is 421 g/mol. The number of benzene rings is 1. The van der Waals surface area contributed by atoms with Crippen molar-refractivity contribution < 1.29 is 14.9 Å². The fraction of sp³-hybridized carbons (Fsp3) is 0.778. The van der Waals surface area contributed by atoms with Gasteiger partial charge in [-0.3, -0.25) is 0 Å². The third-order valence-electron chi connectivity index (χ3n) is 6.40. The van der Waals surface area contributed by atoms with Crippen molar-refractivity contribution in [2.45, 2.75) is 117 Å². The molecule has 1 rings (SSSR count). The van der Waals surface area contributed by atoms with E-state index in [0.29, 0.717) is 6.61 Å². The van der Waals surface area contributed by atoms with Gasteiger partial charge in [0.25, 0.3) is 0 Å². The van der Waals surface area contributed by atoms with Gasteiger partial charge < -0.3 is 14.9 Å². The van der Waals surface area contributed by atoms with E-state index in [1.807, 2.05) is 25.1 Å². The smallest absolute Gasteiger partial charge is 0.0720 e. The van der Waals surface area contributed by atoms with Crippen molar-refractivity contribution in [3.05, 3.63) is 35.9 Å². The van der Waals surface area contributed by atoms with E-state index in [9.17, 15) is 10.2 Å². The molecular weight excluding hydrogens is 372 g/mol. The van der Waals surface area contributed by atoms with Crippen molar-refractivity contribution in [1.29, 1.82) is 0 Å². The van der Waals surface area contributed by atoms with Crippen molar-refractivity contribution >= 4 is 0 Å². The fourth-order valence-electron chi connectivity index (χ4n) is 4.13. The Morgan fingerprint density at radius 3 is 1.87 bits per heavy atom. The summed E-state index contributed by atoms with van der Waals surface area (Å²) in [5, 5.41) is 20.0. The summed E-state index contributed by atoms with van der Waals surface area (Å²) in [4.78, 5) is 0.